The van der Waals surface area contributed by atoms with Crippen molar-refractivity contribution in [3.63, 3.8) is 0 Å². The van der Waals surface area contributed by atoms with Gasteiger partial charge in [-0.25, -0.2) is 0 Å². The third-order valence-corrected chi connectivity index (χ3v) is 3.13. The minimum Gasteiger partial charge on any atom is -0.371 e. The maximum atomic E-state index is 12.4. The van der Waals surface area contributed by atoms with E-state index in [4.69, 9.17) is 0 Å². The summed E-state index contributed by atoms with van der Waals surface area (Å²) >= 11 is 0.316. The molecule has 1 aromatic carbocycles. The van der Waals surface area contributed by atoms with Crippen molar-refractivity contribution in [3.05, 3.63) is 24.3 Å². The summed E-state index contributed by atoms with van der Waals surface area (Å²) in [6, 6.07) is 7.69. The highest BCUT2D eigenvalue weighted by atomic mass is 32.2. The van der Waals surface area contributed by atoms with Crippen molar-refractivity contribution in [2.75, 3.05) is 18.0 Å². The molecule has 76 valence electrons. The maximum absolute atomic E-state index is 12.4. The summed E-state index contributed by atoms with van der Waals surface area (Å²) in [6.07, 6.45) is 1.24. The van der Waals surface area contributed by atoms with E-state index in [1.54, 1.807) is 6.07 Å². The summed E-state index contributed by atoms with van der Waals surface area (Å²) in [6.45, 7) is 4.45. The average Bonchev–Trinajstić information content (AvgIpc) is 2.65. The highest BCUT2D eigenvalue weighted by molar-refractivity contribution is 7.94. The average molecular weight is 211 g/mol. The minimum atomic E-state index is 0.316. The maximum Gasteiger partial charge on any atom is 0.0812 e. The topological polar surface area (TPSA) is 3.24 Å². The van der Waals surface area contributed by atoms with E-state index in [-0.39, 0.29) is 0 Å². The molecule has 1 unspecified atom stereocenters. The van der Waals surface area contributed by atoms with Crippen molar-refractivity contribution in [2.24, 2.45) is 5.92 Å². The molecule has 1 aliphatic rings. The normalized spacial score (nSPS) is 21.6. The second-order valence-corrected chi connectivity index (χ2v) is 4.54. The number of halogens is 1. The van der Waals surface area contributed by atoms with Crippen LogP contribution in [0.4, 0.5) is 9.57 Å². The van der Waals surface area contributed by atoms with Gasteiger partial charge in [0.2, 0.25) is 0 Å². The van der Waals surface area contributed by atoms with Gasteiger partial charge in [-0.3, -0.25) is 0 Å². The number of hydrogen-bond acceptors (Lipinski definition) is 2. The third kappa shape index (κ3) is 2.03. The smallest absolute Gasteiger partial charge is 0.0812 e. The van der Waals surface area contributed by atoms with Gasteiger partial charge in [0.05, 0.1) is 12.1 Å². The molecule has 1 heterocycles. The van der Waals surface area contributed by atoms with E-state index in [1.807, 2.05) is 12.1 Å². The van der Waals surface area contributed by atoms with Crippen molar-refractivity contribution in [3.8, 4) is 0 Å². The SMILES string of the molecule is CC1CCN(c2cccc(SF)c2)C1. The van der Waals surface area contributed by atoms with Crippen molar-refractivity contribution >= 4 is 17.8 Å². The molecule has 14 heavy (non-hydrogen) atoms. The molecule has 0 radical (unpaired) electrons. The summed E-state index contributed by atoms with van der Waals surface area (Å²) in [5, 5.41) is 0. The standard InChI is InChI=1S/C11H14FNS/c1-9-5-6-13(8-9)10-3-2-4-11(7-10)14-12/h2-4,7,9H,5-6,8H2,1H3. The summed E-state index contributed by atoms with van der Waals surface area (Å²) < 4.78 is 12.4. The van der Waals surface area contributed by atoms with Gasteiger partial charge in [-0.15, -0.1) is 0 Å². The van der Waals surface area contributed by atoms with E-state index in [0.29, 0.717) is 17.0 Å². The zero-order valence-electron chi connectivity index (χ0n) is 8.24. The van der Waals surface area contributed by atoms with E-state index in [1.165, 1.54) is 6.42 Å². The minimum absolute atomic E-state index is 0.316. The number of hydrogen-bond donors (Lipinski definition) is 0. The van der Waals surface area contributed by atoms with Crippen LogP contribution in [0.25, 0.3) is 0 Å². The highest BCUT2D eigenvalue weighted by Crippen LogP contribution is 2.27. The Labute approximate surface area is 88.6 Å². The summed E-state index contributed by atoms with van der Waals surface area (Å²) in [4.78, 5) is 3.02. The lowest BCUT2D eigenvalue weighted by Gasteiger charge is -2.18. The van der Waals surface area contributed by atoms with Gasteiger partial charge >= 0.3 is 0 Å². The van der Waals surface area contributed by atoms with E-state index < -0.39 is 0 Å². The molecule has 0 aliphatic carbocycles. The van der Waals surface area contributed by atoms with Crippen molar-refractivity contribution in [1.82, 2.24) is 0 Å². The van der Waals surface area contributed by atoms with Crippen LogP contribution in [0.15, 0.2) is 29.2 Å². The van der Waals surface area contributed by atoms with Gasteiger partial charge in [0, 0.05) is 23.7 Å². The van der Waals surface area contributed by atoms with Crippen LogP contribution in [0.3, 0.4) is 0 Å². The first-order chi connectivity index (χ1) is 6.79. The molecule has 1 aromatic rings. The lowest BCUT2D eigenvalue weighted by Crippen LogP contribution is -2.18. The largest absolute Gasteiger partial charge is 0.371 e. The van der Waals surface area contributed by atoms with Gasteiger partial charge in [0.15, 0.2) is 0 Å². The molecule has 0 spiro atoms. The number of nitrogens with zero attached hydrogens (tertiary/aromatic N) is 1. The molecule has 0 bridgehead atoms. The molecule has 0 N–H and O–H groups in total. The molecule has 1 saturated heterocycles. The summed E-state index contributed by atoms with van der Waals surface area (Å²) in [5.41, 5.74) is 1.15. The van der Waals surface area contributed by atoms with E-state index in [0.717, 1.165) is 24.7 Å². The number of rotatable bonds is 2. The van der Waals surface area contributed by atoms with Gasteiger partial charge in [-0.2, -0.15) is 3.89 Å². The predicted octanol–water partition coefficient (Wildman–Crippen LogP) is 3.51. The first-order valence-corrected chi connectivity index (χ1v) is 5.65. The van der Waals surface area contributed by atoms with Crippen LogP contribution in [-0.2, 0) is 0 Å². The van der Waals surface area contributed by atoms with Crippen LogP contribution in [0.5, 0.6) is 0 Å². The monoisotopic (exact) mass is 211 g/mol. The van der Waals surface area contributed by atoms with Gasteiger partial charge in [0.25, 0.3) is 0 Å². The Bertz CT molecular complexity index is 316. The van der Waals surface area contributed by atoms with Crippen molar-refractivity contribution < 1.29 is 3.89 Å². The van der Waals surface area contributed by atoms with Crippen LogP contribution in [0.2, 0.25) is 0 Å². The Morgan fingerprint density at radius 3 is 3.00 bits per heavy atom. The lowest BCUT2D eigenvalue weighted by atomic mass is 10.2. The molecule has 1 nitrogen and oxygen atoms in total. The first-order valence-electron chi connectivity index (χ1n) is 4.93. The second-order valence-electron chi connectivity index (χ2n) is 3.91. The fourth-order valence-electron chi connectivity index (χ4n) is 1.90. The Balaban J connectivity index is 2.15. The number of benzene rings is 1. The summed E-state index contributed by atoms with van der Waals surface area (Å²) in [7, 11) is 0. The number of anilines is 1. The quantitative estimate of drug-likeness (QED) is 0.736. The first kappa shape index (κ1) is 9.84. The molecular formula is C11H14FNS. The molecular weight excluding hydrogens is 197 g/mol. The van der Waals surface area contributed by atoms with E-state index in [9.17, 15) is 3.89 Å². The van der Waals surface area contributed by atoms with Gasteiger partial charge < -0.3 is 4.90 Å². The van der Waals surface area contributed by atoms with Gasteiger partial charge in [-0.1, -0.05) is 13.0 Å². The zero-order valence-corrected chi connectivity index (χ0v) is 9.06. The zero-order chi connectivity index (χ0) is 9.97. The molecule has 1 atom stereocenters. The molecule has 3 heteroatoms. The Morgan fingerprint density at radius 1 is 1.50 bits per heavy atom. The van der Waals surface area contributed by atoms with Crippen LogP contribution < -0.4 is 4.90 Å². The van der Waals surface area contributed by atoms with Crippen molar-refractivity contribution in [1.29, 1.82) is 0 Å². The molecule has 2 rings (SSSR count). The second kappa shape index (κ2) is 4.22. The Kier molecular flexibility index (Phi) is 2.96. The highest BCUT2D eigenvalue weighted by Gasteiger charge is 2.18. The third-order valence-electron chi connectivity index (χ3n) is 2.70. The fourth-order valence-corrected chi connectivity index (χ4v) is 2.19. The molecule has 1 aliphatic heterocycles. The molecule has 0 amide bonds. The van der Waals surface area contributed by atoms with Crippen molar-refractivity contribution in [2.45, 2.75) is 18.2 Å². The van der Waals surface area contributed by atoms with E-state index in [2.05, 4.69) is 17.9 Å². The molecule has 0 aromatic heterocycles. The Hall–Kier alpha value is -0.700. The van der Waals surface area contributed by atoms with Gasteiger partial charge in [-0.05, 0) is 30.5 Å². The van der Waals surface area contributed by atoms with Crippen LogP contribution >= 0.6 is 12.1 Å². The molecule has 0 saturated carbocycles. The molecule has 1 fully saturated rings. The van der Waals surface area contributed by atoms with Crippen LogP contribution in [-0.4, -0.2) is 13.1 Å². The van der Waals surface area contributed by atoms with E-state index >= 15 is 0 Å². The van der Waals surface area contributed by atoms with Gasteiger partial charge in [0.1, 0.15) is 0 Å². The lowest BCUT2D eigenvalue weighted by molar-refractivity contribution is 0.659. The Morgan fingerprint density at radius 2 is 2.36 bits per heavy atom. The van der Waals surface area contributed by atoms with Crippen LogP contribution in [0, 0.1) is 5.92 Å². The fraction of sp³-hybridized carbons (Fsp3) is 0.455. The summed E-state index contributed by atoms with van der Waals surface area (Å²) in [5.74, 6) is 0.761. The van der Waals surface area contributed by atoms with Crippen LogP contribution in [0.1, 0.15) is 13.3 Å². The predicted molar refractivity (Wildman–Crippen MR) is 59.4 cm³/mol.